The van der Waals surface area contributed by atoms with Crippen LogP contribution in [0.15, 0.2) is 176 Å². The van der Waals surface area contributed by atoms with Crippen molar-refractivity contribution in [2.75, 3.05) is 0 Å². The predicted octanol–water partition coefficient (Wildman–Crippen LogP) is 12.7. The summed E-state index contributed by atoms with van der Waals surface area (Å²) < 4.78 is 7.42. The fourth-order valence-corrected chi connectivity index (χ4v) is 9.12. The minimum Gasteiger partial charge on any atom is -0.309 e. The Balaban J connectivity index is 1.22. The molecule has 51 heavy (non-hydrogen) atoms. The molecule has 0 unspecified atom stereocenters. The van der Waals surface area contributed by atoms with E-state index in [9.17, 15) is 0 Å². The monoisotopic (exact) mass is 647 g/mol. The molecule has 0 radical (unpaired) electrons. The van der Waals surface area contributed by atoms with Gasteiger partial charge in [-0.3, -0.25) is 0 Å². The number of para-hydroxylation sites is 6. The normalized spacial score (nSPS) is 12.3. The smallest absolute Gasteiger partial charge is 0.0641 e. The van der Waals surface area contributed by atoms with Gasteiger partial charge in [0.2, 0.25) is 0 Å². The van der Waals surface area contributed by atoms with Crippen LogP contribution in [0, 0.1) is 0 Å². The molecular weight excluding hydrogens is 619 g/mol. The van der Waals surface area contributed by atoms with E-state index in [0.717, 1.165) is 0 Å². The lowest BCUT2D eigenvalue weighted by molar-refractivity contribution is 1.18. The Morgan fingerprint density at radius 3 is 1.61 bits per heavy atom. The van der Waals surface area contributed by atoms with Gasteiger partial charge < -0.3 is 13.5 Å². The van der Waals surface area contributed by atoms with Gasteiger partial charge in [-0.1, -0.05) is 127 Å². The molecule has 4 heterocycles. The number of fused-ring (bicyclic) bond motifs is 12. The van der Waals surface area contributed by atoms with Gasteiger partial charge >= 0.3 is 0 Å². The summed E-state index contributed by atoms with van der Waals surface area (Å²) in [5.74, 6) is 0. The fourth-order valence-electron chi connectivity index (χ4n) is 9.12. The van der Waals surface area contributed by atoms with Crippen molar-refractivity contribution in [3.63, 3.8) is 0 Å². The van der Waals surface area contributed by atoms with E-state index in [0.29, 0.717) is 0 Å². The molecule has 3 nitrogen and oxygen atoms in total. The first kappa shape index (κ1) is 27.0. The largest absolute Gasteiger partial charge is 0.309 e. The van der Waals surface area contributed by atoms with Crippen LogP contribution in [0.3, 0.4) is 0 Å². The SMILES string of the molecule is c1ccc(-n2c3ccccc3c3ccc(-c4cccc5c6ccccc6n(-c6ccc7c8ccccc8n8c9ccccc9c6c78)c45)cc32)cc1. The van der Waals surface area contributed by atoms with Crippen molar-refractivity contribution in [1.29, 1.82) is 0 Å². The quantitative estimate of drug-likeness (QED) is 0.181. The Hall–Kier alpha value is -6.84. The van der Waals surface area contributed by atoms with Crippen LogP contribution in [0.4, 0.5) is 0 Å². The Morgan fingerprint density at radius 1 is 0.314 bits per heavy atom. The second-order valence-electron chi connectivity index (χ2n) is 13.7. The molecule has 0 bridgehead atoms. The van der Waals surface area contributed by atoms with E-state index in [4.69, 9.17) is 0 Å². The molecule has 0 amide bonds. The van der Waals surface area contributed by atoms with Crippen molar-refractivity contribution in [3.8, 4) is 22.5 Å². The fraction of sp³-hybridized carbons (Fsp3) is 0. The molecular formula is C48H29N3. The molecule has 0 spiro atoms. The molecule has 0 aliphatic carbocycles. The Bertz CT molecular complexity index is 3360. The second kappa shape index (κ2) is 9.87. The summed E-state index contributed by atoms with van der Waals surface area (Å²) in [6.45, 7) is 0. The molecule has 0 aliphatic heterocycles. The predicted molar refractivity (Wildman–Crippen MR) is 215 cm³/mol. The average molecular weight is 648 g/mol. The molecule has 0 atom stereocenters. The van der Waals surface area contributed by atoms with E-state index in [1.165, 1.54) is 104 Å². The Labute approximate surface area is 292 Å². The van der Waals surface area contributed by atoms with E-state index in [1.54, 1.807) is 0 Å². The highest BCUT2D eigenvalue weighted by atomic mass is 15.0. The summed E-state index contributed by atoms with van der Waals surface area (Å²) in [6, 6.07) is 64.6. The summed E-state index contributed by atoms with van der Waals surface area (Å²) in [6.07, 6.45) is 0. The van der Waals surface area contributed by atoms with E-state index >= 15 is 0 Å². The lowest BCUT2D eigenvalue weighted by atomic mass is 10.00. The molecule has 0 fully saturated rings. The molecule has 236 valence electrons. The van der Waals surface area contributed by atoms with Crippen LogP contribution in [-0.2, 0) is 0 Å². The number of nitrogens with zero attached hydrogens (tertiary/aromatic N) is 3. The van der Waals surface area contributed by atoms with Gasteiger partial charge in [-0.05, 0) is 54.1 Å². The number of rotatable bonds is 3. The molecule has 12 aromatic rings. The van der Waals surface area contributed by atoms with Crippen molar-refractivity contribution in [3.05, 3.63) is 176 Å². The van der Waals surface area contributed by atoms with E-state index in [-0.39, 0.29) is 0 Å². The van der Waals surface area contributed by atoms with Gasteiger partial charge in [-0.15, -0.1) is 0 Å². The Kier molecular flexibility index (Phi) is 5.23. The van der Waals surface area contributed by atoms with Crippen molar-refractivity contribution in [2.24, 2.45) is 0 Å². The van der Waals surface area contributed by atoms with Crippen LogP contribution in [0.25, 0.3) is 104 Å². The van der Waals surface area contributed by atoms with Gasteiger partial charge in [0.1, 0.15) is 0 Å². The van der Waals surface area contributed by atoms with Crippen molar-refractivity contribution >= 4 is 81.7 Å². The first-order valence-electron chi connectivity index (χ1n) is 17.6. The maximum Gasteiger partial charge on any atom is 0.0641 e. The van der Waals surface area contributed by atoms with Crippen LogP contribution in [0.5, 0.6) is 0 Å². The first-order chi connectivity index (χ1) is 25.3. The third-order valence-electron chi connectivity index (χ3n) is 11.2. The number of benzene rings is 8. The van der Waals surface area contributed by atoms with Crippen LogP contribution in [0.1, 0.15) is 0 Å². The van der Waals surface area contributed by atoms with Crippen LogP contribution in [-0.4, -0.2) is 13.5 Å². The lowest BCUT2D eigenvalue weighted by Gasteiger charge is -2.14. The van der Waals surface area contributed by atoms with Gasteiger partial charge in [-0.2, -0.15) is 0 Å². The van der Waals surface area contributed by atoms with Gasteiger partial charge in [0.25, 0.3) is 0 Å². The molecule has 8 aromatic carbocycles. The summed E-state index contributed by atoms with van der Waals surface area (Å²) in [5, 5.41) is 10.2. The second-order valence-corrected chi connectivity index (χ2v) is 13.7. The van der Waals surface area contributed by atoms with E-state index in [2.05, 4.69) is 189 Å². The maximum absolute atomic E-state index is 2.54. The topological polar surface area (TPSA) is 14.3 Å². The van der Waals surface area contributed by atoms with Gasteiger partial charge in [0, 0.05) is 54.3 Å². The average Bonchev–Trinajstić information content (AvgIpc) is 3.92. The van der Waals surface area contributed by atoms with Crippen LogP contribution in [0.2, 0.25) is 0 Å². The molecule has 0 saturated heterocycles. The highest BCUT2D eigenvalue weighted by Gasteiger charge is 2.24. The highest BCUT2D eigenvalue weighted by molar-refractivity contribution is 6.27. The van der Waals surface area contributed by atoms with E-state index in [1.807, 2.05) is 0 Å². The minimum atomic E-state index is 1.17. The molecule has 0 N–H and O–H groups in total. The summed E-state index contributed by atoms with van der Waals surface area (Å²) >= 11 is 0. The molecule has 3 heteroatoms. The van der Waals surface area contributed by atoms with Crippen LogP contribution < -0.4 is 0 Å². The zero-order valence-corrected chi connectivity index (χ0v) is 27.6. The summed E-state index contributed by atoms with van der Waals surface area (Å²) in [7, 11) is 0. The maximum atomic E-state index is 2.54. The minimum absolute atomic E-state index is 1.17. The van der Waals surface area contributed by atoms with Crippen molar-refractivity contribution in [2.45, 2.75) is 0 Å². The lowest BCUT2D eigenvalue weighted by Crippen LogP contribution is -1.97. The van der Waals surface area contributed by atoms with E-state index < -0.39 is 0 Å². The summed E-state index contributed by atoms with van der Waals surface area (Å²) in [4.78, 5) is 0. The zero-order valence-electron chi connectivity index (χ0n) is 27.6. The number of aromatic nitrogens is 3. The van der Waals surface area contributed by atoms with Crippen molar-refractivity contribution in [1.82, 2.24) is 13.5 Å². The molecule has 12 rings (SSSR count). The third-order valence-corrected chi connectivity index (χ3v) is 11.2. The first-order valence-corrected chi connectivity index (χ1v) is 17.6. The highest BCUT2D eigenvalue weighted by Crippen LogP contribution is 2.46. The van der Waals surface area contributed by atoms with Crippen LogP contribution >= 0.6 is 0 Å². The molecule has 4 aromatic heterocycles. The molecule has 0 aliphatic rings. The van der Waals surface area contributed by atoms with Gasteiger partial charge in [-0.25, -0.2) is 0 Å². The van der Waals surface area contributed by atoms with Gasteiger partial charge in [0.05, 0.1) is 44.3 Å². The number of hydrogen-bond acceptors (Lipinski definition) is 0. The van der Waals surface area contributed by atoms with Gasteiger partial charge in [0.15, 0.2) is 0 Å². The molecule has 0 saturated carbocycles. The standard InChI is InChI=1S/C48H29N3/c1-2-13-31(14-3-1)49-40-21-8-4-15-33(40)36-26-25-30(29-45(36)49)32-19-12-20-37-34-16-5-10-23-42(34)51(47(32)37)44-28-27-38-35-17-6-9-22-41(35)50-43-24-11-7-18-39(43)46(44)48(38)50/h1-29H. The Morgan fingerprint density at radius 2 is 0.843 bits per heavy atom. The van der Waals surface area contributed by atoms with Crippen molar-refractivity contribution < 1.29 is 0 Å². The number of hydrogen-bond donors (Lipinski definition) is 0. The zero-order chi connectivity index (χ0) is 33.2. The summed E-state index contributed by atoms with van der Waals surface area (Å²) in [5.41, 5.74) is 13.4. The third kappa shape index (κ3) is 3.47.